The van der Waals surface area contributed by atoms with Crippen LogP contribution in [0.2, 0.25) is 0 Å². The number of nitrogens with two attached hydrogens (primary N) is 1. The number of fused-ring (bicyclic) bond motifs is 1. The van der Waals surface area contributed by atoms with E-state index in [1.54, 1.807) is 19.4 Å². The third kappa shape index (κ3) is 3.00. The molecule has 5 heteroatoms. The first-order valence-electron chi connectivity index (χ1n) is 8.73. The first-order chi connectivity index (χ1) is 12.2. The van der Waals surface area contributed by atoms with Crippen molar-refractivity contribution in [2.24, 2.45) is 5.73 Å². The molecule has 1 aliphatic carbocycles. The molecule has 3 aromatic rings. The molecule has 2 aromatic heterocycles. The number of halogens is 1. The van der Waals surface area contributed by atoms with Crippen molar-refractivity contribution >= 4 is 11.0 Å². The number of hydrogen-bond acceptors (Lipinski definition) is 3. The number of aromatic nitrogens is 2. The summed E-state index contributed by atoms with van der Waals surface area (Å²) < 4.78 is 19.2. The molecule has 25 heavy (non-hydrogen) atoms. The number of pyridine rings is 1. The van der Waals surface area contributed by atoms with Crippen molar-refractivity contribution in [2.45, 2.75) is 37.6 Å². The van der Waals surface area contributed by atoms with E-state index in [2.05, 4.69) is 16.0 Å². The lowest BCUT2D eigenvalue weighted by Crippen LogP contribution is -2.26. The predicted octanol–water partition coefficient (Wildman–Crippen LogP) is 4.36. The van der Waals surface area contributed by atoms with Crippen LogP contribution in [0.3, 0.4) is 0 Å². The minimum atomic E-state index is -0.283. The van der Waals surface area contributed by atoms with Crippen LogP contribution in [0.4, 0.5) is 4.39 Å². The molecule has 130 valence electrons. The van der Waals surface area contributed by atoms with Gasteiger partial charge in [0, 0.05) is 34.8 Å². The summed E-state index contributed by atoms with van der Waals surface area (Å²) in [4.78, 5) is 7.91. The van der Waals surface area contributed by atoms with Crippen molar-refractivity contribution in [1.29, 1.82) is 0 Å². The number of ether oxygens (including phenoxy) is 1. The number of rotatable bonds is 3. The van der Waals surface area contributed by atoms with E-state index in [1.807, 2.05) is 6.07 Å². The third-order valence-electron chi connectivity index (χ3n) is 5.16. The van der Waals surface area contributed by atoms with E-state index in [0.29, 0.717) is 11.7 Å². The van der Waals surface area contributed by atoms with Gasteiger partial charge in [0.05, 0.1) is 7.11 Å². The van der Waals surface area contributed by atoms with E-state index >= 15 is 0 Å². The molecule has 3 N–H and O–H groups in total. The van der Waals surface area contributed by atoms with Crippen LogP contribution < -0.4 is 10.5 Å². The van der Waals surface area contributed by atoms with Crippen molar-refractivity contribution < 1.29 is 9.13 Å². The summed E-state index contributed by atoms with van der Waals surface area (Å²) in [5.74, 6) is 0.798. The highest BCUT2D eigenvalue weighted by Crippen LogP contribution is 2.38. The molecule has 2 unspecified atom stereocenters. The quantitative estimate of drug-likeness (QED) is 0.745. The highest BCUT2D eigenvalue weighted by molar-refractivity contribution is 5.95. The van der Waals surface area contributed by atoms with Crippen LogP contribution in [0, 0.1) is 5.82 Å². The van der Waals surface area contributed by atoms with Gasteiger partial charge in [-0.2, -0.15) is 0 Å². The zero-order chi connectivity index (χ0) is 17.4. The number of benzene rings is 1. The van der Waals surface area contributed by atoms with Gasteiger partial charge >= 0.3 is 0 Å². The largest absolute Gasteiger partial charge is 0.496 e. The Morgan fingerprint density at radius 1 is 1.20 bits per heavy atom. The molecule has 2 heterocycles. The Hall–Kier alpha value is -2.40. The molecule has 1 fully saturated rings. The molecule has 2 atom stereocenters. The summed E-state index contributed by atoms with van der Waals surface area (Å²) in [5.41, 5.74) is 9.79. The van der Waals surface area contributed by atoms with Gasteiger partial charge in [0.2, 0.25) is 0 Å². The molecule has 4 nitrogen and oxygen atoms in total. The Balaban J connectivity index is 1.82. The second kappa shape index (κ2) is 6.48. The Bertz CT molecular complexity index is 905. The van der Waals surface area contributed by atoms with Crippen LogP contribution in [0.15, 0.2) is 36.5 Å². The highest BCUT2D eigenvalue weighted by atomic mass is 19.1. The van der Waals surface area contributed by atoms with Gasteiger partial charge in [-0.05, 0) is 55.2 Å². The van der Waals surface area contributed by atoms with Crippen LogP contribution >= 0.6 is 0 Å². The lowest BCUT2D eigenvalue weighted by molar-refractivity contribution is 0.389. The summed E-state index contributed by atoms with van der Waals surface area (Å²) in [6, 6.07) is 8.89. The summed E-state index contributed by atoms with van der Waals surface area (Å²) in [6.45, 7) is 0. The van der Waals surface area contributed by atoms with Gasteiger partial charge in [-0.3, -0.25) is 0 Å². The lowest BCUT2D eigenvalue weighted by atomic mass is 9.84. The standard InChI is InChI=1S/C20H22FN3O/c1-25-19-6-5-13(21)10-16(19)15-7-8-23-20-17(15)11-18(24-20)12-3-2-4-14(22)9-12/h5-8,10-12,14H,2-4,9,22H2,1H3,(H,23,24). The average molecular weight is 339 g/mol. The Morgan fingerprint density at radius 2 is 2.08 bits per heavy atom. The van der Waals surface area contributed by atoms with E-state index in [1.165, 1.54) is 17.8 Å². The molecule has 4 rings (SSSR count). The summed E-state index contributed by atoms with van der Waals surface area (Å²) >= 11 is 0. The van der Waals surface area contributed by atoms with Crippen LogP contribution in [0.5, 0.6) is 5.75 Å². The minimum absolute atomic E-state index is 0.265. The van der Waals surface area contributed by atoms with Crippen molar-refractivity contribution in [2.75, 3.05) is 7.11 Å². The van der Waals surface area contributed by atoms with Crippen LogP contribution in [0.1, 0.15) is 37.3 Å². The van der Waals surface area contributed by atoms with Gasteiger partial charge < -0.3 is 15.5 Å². The second-order valence-corrected chi connectivity index (χ2v) is 6.81. The number of methoxy groups -OCH3 is 1. The fourth-order valence-corrected chi connectivity index (χ4v) is 3.90. The van der Waals surface area contributed by atoms with Crippen LogP contribution in [-0.2, 0) is 0 Å². The van der Waals surface area contributed by atoms with E-state index < -0.39 is 0 Å². The molecule has 1 aliphatic rings. The molecule has 1 aromatic carbocycles. The van der Waals surface area contributed by atoms with Crippen molar-refractivity contribution in [3.63, 3.8) is 0 Å². The molecule has 0 radical (unpaired) electrons. The van der Waals surface area contributed by atoms with Gasteiger partial charge in [-0.15, -0.1) is 0 Å². The molecule has 1 saturated carbocycles. The first-order valence-corrected chi connectivity index (χ1v) is 8.73. The van der Waals surface area contributed by atoms with E-state index in [9.17, 15) is 4.39 Å². The molecule has 0 aliphatic heterocycles. The average Bonchev–Trinajstić information content (AvgIpc) is 3.06. The fraction of sp³-hybridized carbons (Fsp3) is 0.350. The van der Waals surface area contributed by atoms with Gasteiger partial charge in [-0.25, -0.2) is 9.37 Å². The summed E-state index contributed by atoms with van der Waals surface area (Å²) in [5, 5.41) is 0.987. The molecular formula is C20H22FN3O. The maximum Gasteiger partial charge on any atom is 0.138 e. The monoisotopic (exact) mass is 339 g/mol. The molecular weight excluding hydrogens is 317 g/mol. The van der Waals surface area contributed by atoms with E-state index in [0.717, 1.165) is 47.8 Å². The SMILES string of the molecule is COc1ccc(F)cc1-c1ccnc2[nH]c(C3CCCC(N)C3)cc12. The smallest absolute Gasteiger partial charge is 0.138 e. The maximum atomic E-state index is 13.8. The van der Waals surface area contributed by atoms with Gasteiger partial charge in [0.25, 0.3) is 0 Å². The Labute approximate surface area is 146 Å². The van der Waals surface area contributed by atoms with Gasteiger partial charge in [-0.1, -0.05) is 6.42 Å². The minimum Gasteiger partial charge on any atom is -0.496 e. The van der Waals surface area contributed by atoms with Crippen LogP contribution in [-0.4, -0.2) is 23.1 Å². The normalized spacial score (nSPS) is 20.8. The Morgan fingerprint density at radius 3 is 2.88 bits per heavy atom. The topological polar surface area (TPSA) is 63.9 Å². The maximum absolute atomic E-state index is 13.8. The summed E-state index contributed by atoms with van der Waals surface area (Å²) in [6.07, 6.45) is 6.12. The second-order valence-electron chi connectivity index (χ2n) is 6.81. The van der Waals surface area contributed by atoms with Crippen molar-refractivity contribution in [3.8, 4) is 16.9 Å². The number of hydrogen-bond donors (Lipinski definition) is 2. The number of aromatic amines is 1. The molecule has 0 amide bonds. The fourth-order valence-electron chi connectivity index (χ4n) is 3.90. The van der Waals surface area contributed by atoms with E-state index in [4.69, 9.17) is 10.5 Å². The first kappa shape index (κ1) is 16.1. The predicted molar refractivity (Wildman–Crippen MR) is 97.2 cm³/mol. The van der Waals surface area contributed by atoms with Gasteiger partial charge in [0.1, 0.15) is 17.2 Å². The number of nitrogens with one attached hydrogen (secondary N) is 1. The molecule has 0 saturated heterocycles. The van der Waals surface area contributed by atoms with Gasteiger partial charge in [0.15, 0.2) is 0 Å². The summed E-state index contributed by atoms with van der Waals surface area (Å²) in [7, 11) is 1.60. The van der Waals surface area contributed by atoms with Crippen molar-refractivity contribution in [3.05, 3.63) is 48.0 Å². The van der Waals surface area contributed by atoms with E-state index in [-0.39, 0.29) is 11.9 Å². The molecule has 0 bridgehead atoms. The number of H-pyrrole nitrogens is 1. The highest BCUT2D eigenvalue weighted by Gasteiger charge is 2.23. The number of nitrogens with zero attached hydrogens (tertiary/aromatic N) is 1. The van der Waals surface area contributed by atoms with Crippen molar-refractivity contribution in [1.82, 2.24) is 9.97 Å². The zero-order valence-corrected chi connectivity index (χ0v) is 14.3. The van der Waals surface area contributed by atoms with Crippen LogP contribution in [0.25, 0.3) is 22.2 Å². The zero-order valence-electron chi connectivity index (χ0n) is 14.3. The third-order valence-corrected chi connectivity index (χ3v) is 5.16. The molecule has 0 spiro atoms. The lowest BCUT2D eigenvalue weighted by Gasteiger charge is -2.25. The Kier molecular flexibility index (Phi) is 4.17.